The number of piperidine rings is 1. The molecule has 0 unspecified atom stereocenters. The van der Waals surface area contributed by atoms with Crippen molar-refractivity contribution >= 4 is 29.3 Å². The zero-order chi connectivity index (χ0) is 19.4. The topological polar surface area (TPSA) is 131 Å². The van der Waals surface area contributed by atoms with Crippen molar-refractivity contribution in [3.05, 3.63) is 32.8 Å². The number of nitrogens with one attached hydrogen (secondary N) is 1. The number of likely N-dealkylation sites (tertiary alicyclic amines) is 1. The van der Waals surface area contributed by atoms with Crippen LogP contribution >= 0.6 is 11.6 Å². The Morgan fingerprint density at radius 2 is 2.12 bits per heavy atom. The Balaban J connectivity index is 2.22. The first-order chi connectivity index (χ1) is 12.3. The van der Waals surface area contributed by atoms with E-state index in [4.69, 9.17) is 26.2 Å². The molecule has 0 bridgehead atoms. The zero-order valence-corrected chi connectivity index (χ0v) is 14.9. The quantitative estimate of drug-likeness (QED) is 0.581. The maximum absolute atomic E-state index is 12.6. The number of hydrogen-bond donors (Lipinski definition) is 2. The van der Waals surface area contributed by atoms with Crippen LogP contribution in [0.15, 0.2) is 12.1 Å². The molecule has 1 fully saturated rings. The SMILES string of the molecule is COc1cc(Cl)c([N+](=O)[O-])cc1C(=O)N[C@@H]1CCN(C(=O)O)C[C@@H]1OC. The number of halogens is 1. The fraction of sp³-hybridized carbons (Fsp3) is 0.467. The highest BCUT2D eigenvalue weighted by atomic mass is 35.5. The van der Waals surface area contributed by atoms with Crippen molar-refractivity contribution in [2.45, 2.75) is 18.6 Å². The van der Waals surface area contributed by atoms with E-state index in [1.165, 1.54) is 25.2 Å². The number of benzene rings is 1. The molecule has 26 heavy (non-hydrogen) atoms. The van der Waals surface area contributed by atoms with Gasteiger partial charge in [-0.25, -0.2) is 4.79 Å². The second-order valence-electron chi connectivity index (χ2n) is 5.63. The molecule has 1 aromatic carbocycles. The minimum Gasteiger partial charge on any atom is -0.496 e. The number of nitro groups is 1. The molecule has 0 spiro atoms. The van der Waals surface area contributed by atoms with Crippen LogP contribution in [0.2, 0.25) is 5.02 Å². The first-order valence-electron chi connectivity index (χ1n) is 7.62. The fourth-order valence-corrected chi connectivity index (χ4v) is 2.99. The van der Waals surface area contributed by atoms with Crippen LogP contribution in [-0.2, 0) is 4.74 Å². The van der Waals surface area contributed by atoms with Gasteiger partial charge in [0, 0.05) is 25.8 Å². The molecule has 2 amide bonds. The minimum absolute atomic E-state index is 0.0425. The Kier molecular flexibility index (Phi) is 6.22. The number of amides is 2. The number of carbonyl (C=O) groups excluding carboxylic acids is 1. The van der Waals surface area contributed by atoms with E-state index in [2.05, 4.69) is 5.32 Å². The molecule has 1 aliphatic rings. The molecule has 0 aliphatic carbocycles. The molecule has 0 aromatic heterocycles. The number of nitro benzene ring substituents is 1. The highest BCUT2D eigenvalue weighted by Gasteiger charge is 2.33. The van der Waals surface area contributed by atoms with Crippen LogP contribution in [0.5, 0.6) is 5.75 Å². The molecule has 10 nitrogen and oxygen atoms in total. The zero-order valence-electron chi connectivity index (χ0n) is 14.1. The third-order valence-electron chi connectivity index (χ3n) is 4.16. The van der Waals surface area contributed by atoms with Crippen LogP contribution < -0.4 is 10.1 Å². The Hall–Kier alpha value is -2.59. The van der Waals surface area contributed by atoms with Crippen LogP contribution in [0.3, 0.4) is 0 Å². The van der Waals surface area contributed by atoms with Gasteiger partial charge in [0.05, 0.1) is 36.3 Å². The van der Waals surface area contributed by atoms with Gasteiger partial charge < -0.3 is 24.8 Å². The Bertz CT molecular complexity index is 727. The van der Waals surface area contributed by atoms with E-state index >= 15 is 0 Å². The molecule has 0 saturated carbocycles. The number of hydrogen-bond acceptors (Lipinski definition) is 6. The lowest BCUT2D eigenvalue weighted by Crippen LogP contribution is -2.55. The molecule has 1 saturated heterocycles. The number of methoxy groups -OCH3 is 2. The summed E-state index contributed by atoms with van der Waals surface area (Å²) in [5, 5.41) is 22.7. The molecule has 1 aliphatic heterocycles. The van der Waals surface area contributed by atoms with Gasteiger partial charge in [-0.3, -0.25) is 14.9 Å². The monoisotopic (exact) mass is 387 g/mol. The largest absolute Gasteiger partial charge is 0.496 e. The number of carbonyl (C=O) groups is 2. The predicted molar refractivity (Wildman–Crippen MR) is 90.9 cm³/mol. The van der Waals surface area contributed by atoms with Gasteiger partial charge in [0.15, 0.2) is 0 Å². The van der Waals surface area contributed by atoms with E-state index in [1.807, 2.05) is 0 Å². The summed E-state index contributed by atoms with van der Waals surface area (Å²) < 4.78 is 10.4. The van der Waals surface area contributed by atoms with E-state index in [0.717, 1.165) is 6.07 Å². The van der Waals surface area contributed by atoms with Crippen LogP contribution in [-0.4, -0.2) is 66.4 Å². The highest BCUT2D eigenvalue weighted by Crippen LogP contribution is 2.32. The van der Waals surface area contributed by atoms with Crippen molar-refractivity contribution in [1.82, 2.24) is 10.2 Å². The van der Waals surface area contributed by atoms with Crippen molar-refractivity contribution in [3.63, 3.8) is 0 Å². The normalized spacial score (nSPS) is 19.7. The summed E-state index contributed by atoms with van der Waals surface area (Å²) in [4.78, 5) is 35.2. The van der Waals surface area contributed by atoms with Crippen LogP contribution in [0.25, 0.3) is 0 Å². The van der Waals surface area contributed by atoms with Crippen LogP contribution in [0.4, 0.5) is 10.5 Å². The molecule has 2 N–H and O–H groups in total. The number of ether oxygens (including phenoxy) is 2. The lowest BCUT2D eigenvalue weighted by atomic mass is 10.0. The highest BCUT2D eigenvalue weighted by molar-refractivity contribution is 6.33. The lowest BCUT2D eigenvalue weighted by molar-refractivity contribution is -0.384. The Labute approximate surface area is 153 Å². The van der Waals surface area contributed by atoms with E-state index in [0.29, 0.717) is 6.42 Å². The van der Waals surface area contributed by atoms with Gasteiger partial charge in [-0.05, 0) is 6.42 Å². The van der Waals surface area contributed by atoms with Crippen LogP contribution in [0, 0.1) is 10.1 Å². The van der Waals surface area contributed by atoms with Crippen molar-refractivity contribution < 1.29 is 29.1 Å². The second-order valence-corrected chi connectivity index (χ2v) is 6.04. The van der Waals surface area contributed by atoms with E-state index in [1.54, 1.807) is 0 Å². The van der Waals surface area contributed by atoms with Gasteiger partial charge in [-0.1, -0.05) is 11.6 Å². The number of carboxylic acid groups (broad SMARTS) is 1. The van der Waals surface area contributed by atoms with E-state index in [9.17, 15) is 19.7 Å². The first-order valence-corrected chi connectivity index (χ1v) is 7.99. The summed E-state index contributed by atoms with van der Waals surface area (Å²) in [5.41, 5.74) is -0.458. The molecular formula is C15H18ClN3O7. The Morgan fingerprint density at radius 1 is 1.42 bits per heavy atom. The van der Waals surface area contributed by atoms with Gasteiger partial charge >= 0.3 is 6.09 Å². The standard InChI is InChI=1S/C15H18ClN3O7/c1-25-12-6-9(16)11(19(23)24)5-8(12)14(20)17-10-3-4-18(15(21)22)7-13(10)26-2/h5-6,10,13H,3-4,7H2,1-2H3,(H,17,20)(H,21,22)/t10-,13+/m1/s1. The van der Waals surface area contributed by atoms with Gasteiger partial charge in [-0.2, -0.15) is 0 Å². The molecule has 1 heterocycles. The molecule has 11 heteroatoms. The maximum Gasteiger partial charge on any atom is 0.407 e. The molecule has 2 atom stereocenters. The predicted octanol–water partition coefficient (Wildman–Crippen LogP) is 1.75. The molecule has 2 rings (SSSR count). The lowest BCUT2D eigenvalue weighted by Gasteiger charge is -2.36. The van der Waals surface area contributed by atoms with Gasteiger partial charge in [0.25, 0.3) is 11.6 Å². The summed E-state index contributed by atoms with van der Waals surface area (Å²) >= 11 is 5.83. The average molecular weight is 388 g/mol. The Morgan fingerprint density at radius 3 is 2.65 bits per heavy atom. The summed E-state index contributed by atoms with van der Waals surface area (Å²) in [6.07, 6.45) is -1.27. The summed E-state index contributed by atoms with van der Waals surface area (Å²) in [5.74, 6) is -0.507. The van der Waals surface area contributed by atoms with Crippen molar-refractivity contribution in [3.8, 4) is 5.75 Å². The number of rotatable bonds is 5. The van der Waals surface area contributed by atoms with Crippen molar-refractivity contribution in [2.24, 2.45) is 0 Å². The third-order valence-corrected chi connectivity index (χ3v) is 4.46. The summed E-state index contributed by atoms with van der Waals surface area (Å²) in [6, 6.07) is 1.79. The first kappa shape index (κ1) is 19.7. The van der Waals surface area contributed by atoms with E-state index in [-0.39, 0.29) is 29.4 Å². The molecule has 0 radical (unpaired) electrons. The molecule has 1 aromatic rings. The molecular weight excluding hydrogens is 370 g/mol. The average Bonchev–Trinajstić information content (AvgIpc) is 2.60. The van der Waals surface area contributed by atoms with Crippen LogP contribution in [0.1, 0.15) is 16.8 Å². The van der Waals surface area contributed by atoms with E-state index < -0.39 is 34.8 Å². The second kappa shape index (κ2) is 8.19. The van der Waals surface area contributed by atoms with Crippen molar-refractivity contribution in [2.75, 3.05) is 27.3 Å². The third kappa shape index (κ3) is 4.14. The fourth-order valence-electron chi connectivity index (χ4n) is 2.77. The maximum atomic E-state index is 12.6. The minimum atomic E-state index is -1.06. The van der Waals surface area contributed by atoms with Gasteiger partial charge in [0.2, 0.25) is 0 Å². The van der Waals surface area contributed by atoms with Gasteiger partial charge in [0.1, 0.15) is 10.8 Å². The number of nitrogens with zero attached hydrogens (tertiary/aromatic N) is 2. The summed E-state index contributed by atoms with van der Waals surface area (Å²) in [6.45, 7) is 0.340. The van der Waals surface area contributed by atoms with Crippen molar-refractivity contribution in [1.29, 1.82) is 0 Å². The smallest absolute Gasteiger partial charge is 0.407 e. The summed E-state index contributed by atoms with van der Waals surface area (Å²) in [7, 11) is 2.74. The molecule has 142 valence electrons. The van der Waals surface area contributed by atoms with Gasteiger partial charge in [-0.15, -0.1) is 0 Å².